The van der Waals surface area contributed by atoms with E-state index < -0.39 is 0 Å². The van der Waals surface area contributed by atoms with Gasteiger partial charge in [-0.15, -0.1) is 0 Å². The lowest BCUT2D eigenvalue weighted by Gasteiger charge is -2.22. The molecule has 3 rings (SSSR count). The first-order valence-electron chi connectivity index (χ1n) is 8.77. The minimum absolute atomic E-state index is 0.0684. The Balaban J connectivity index is 1.61. The fourth-order valence-electron chi connectivity index (χ4n) is 3.40. The van der Waals surface area contributed by atoms with Gasteiger partial charge in [-0.05, 0) is 56.1 Å². The van der Waals surface area contributed by atoms with Gasteiger partial charge in [0.05, 0.1) is 0 Å². The average Bonchev–Trinajstić information content (AvgIpc) is 3.36. The average molecular weight is 357 g/mol. The third-order valence-electron chi connectivity index (χ3n) is 4.66. The van der Waals surface area contributed by atoms with E-state index in [4.69, 9.17) is 11.6 Å². The van der Waals surface area contributed by atoms with E-state index in [1.807, 2.05) is 50.5 Å². The molecular formula is C21H25ClN2O. The highest BCUT2D eigenvalue weighted by Gasteiger charge is 2.44. The van der Waals surface area contributed by atoms with E-state index in [9.17, 15) is 4.79 Å². The van der Waals surface area contributed by atoms with Crippen LogP contribution in [-0.2, 0) is 11.2 Å². The first-order valence-corrected chi connectivity index (χ1v) is 9.15. The monoisotopic (exact) mass is 356 g/mol. The molecule has 2 aromatic rings. The second-order valence-corrected chi connectivity index (χ2v) is 7.60. The summed E-state index contributed by atoms with van der Waals surface area (Å²) in [5, 5.41) is 3.99. The lowest BCUT2D eigenvalue weighted by Crippen LogP contribution is -2.43. The van der Waals surface area contributed by atoms with E-state index in [-0.39, 0.29) is 17.9 Å². The van der Waals surface area contributed by atoms with Crippen molar-refractivity contribution in [3.8, 4) is 0 Å². The van der Waals surface area contributed by atoms with Crippen LogP contribution in [0.15, 0.2) is 54.6 Å². The third kappa shape index (κ3) is 5.07. The summed E-state index contributed by atoms with van der Waals surface area (Å²) in [6.45, 7) is 0.829. The molecule has 1 N–H and O–H groups in total. The van der Waals surface area contributed by atoms with Crippen LogP contribution in [0, 0.1) is 5.92 Å². The van der Waals surface area contributed by atoms with Crippen LogP contribution in [0.4, 0.5) is 0 Å². The summed E-state index contributed by atoms with van der Waals surface area (Å²) >= 11 is 6.07. The van der Waals surface area contributed by atoms with Crippen molar-refractivity contribution >= 4 is 17.5 Å². The summed E-state index contributed by atoms with van der Waals surface area (Å²) in [6.07, 6.45) is 1.76. The van der Waals surface area contributed by atoms with Gasteiger partial charge in [0.2, 0.25) is 5.91 Å². The zero-order valence-electron chi connectivity index (χ0n) is 14.8. The number of hydrogen-bond donors (Lipinski definition) is 1. The fourth-order valence-corrected chi connectivity index (χ4v) is 3.60. The van der Waals surface area contributed by atoms with Crippen LogP contribution in [0.2, 0.25) is 5.02 Å². The second-order valence-electron chi connectivity index (χ2n) is 7.16. The molecule has 0 spiro atoms. The zero-order valence-corrected chi connectivity index (χ0v) is 15.5. The topological polar surface area (TPSA) is 32.3 Å². The highest BCUT2D eigenvalue weighted by Crippen LogP contribution is 2.48. The molecule has 1 aliphatic carbocycles. The molecule has 0 aromatic heterocycles. The van der Waals surface area contributed by atoms with Gasteiger partial charge in [0, 0.05) is 23.5 Å². The Morgan fingerprint density at radius 1 is 1.20 bits per heavy atom. The van der Waals surface area contributed by atoms with Gasteiger partial charge in [-0.3, -0.25) is 4.79 Å². The van der Waals surface area contributed by atoms with Crippen LogP contribution >= 0.6 is 11.6 Å². The molecule has 0 aliphatic heterocycles. The molecule has 1 fully saturated rings. The van der Waals surface area contributed by atoms with Gasteiger partial charge in [0.25, 0.3) is 0 Å². The maximum Gasteiger partial charge on any atom is 0.224 e. The molecule has 25 heavy (non-hydrogen) atoms. The normalized spacial score (nSPS) is 20.3. The Labute approximate surface area is 155 Å². The summed E-state index contributed by atoms with van der Waals surface area (Å²) in [7, 11) is 4.08. The van der Waals surface area contributed by atoms with Crippen molar-refractivity contribution in [2.45, 2.75) is 24.8 Å². The van der Waals surface area contributed by atoms with Crippen LogP contribution in [0.1, 0.15) is 23.5 Å². The summed E-state index contributed by atoms with van der Waals surface area (Å²) in [4.78, 5) is 14.8. The summed E-state index contributed by atoms with van der Waals surface area (Å²) in [5.41, 5.74) is 2.41. The lowest BCUT2D eigenvalue weighted by molar-refractivity contribution is -0.123. The molecule has 1 amide bonds. The van der Waals surface area contributed by atoms with Crippen LogP contribution in [0.25, 0.3) is 0 Å². The summed E-state index contributed by atoms with van der Waals surface area (Å²) in [6, 6.07) is 18.3. The number of amides is 1. The number of carbonyl (C=O) groups is 1. The van der Waals surface area contributed by atoms with E-state index in [2.05, 4.69) is 28.4 Å². The number of nitrogens with one attached hydrogen (secondary N) is 1. The highest BCUT2D eigenvalue weighted by molar-refractivity contribution is 6.30. The predicted molar refractivity (Wildman–Crippen MR) is 103 cm³/mol. The van der Waals surface area contributed by atoms with Gasteiger partial charge in [-0.1, -0.05) is 54.1 Å². The van der Waals surface area contributed by atoms with Crippen LogP contribution in [0.3, 0.4) is 0 Å². The van der Waals surface area contributed by atoms with Crippen molar-refractivity contribution in [3.05, 3.63) is 70.7 Å². The standard InChI is InChI=1S/C21H25ClN2O/c1-24(2)14-18(11-15-7-4-3-5-8-15)23-21(25)20-13-19(20)16-9-6-10-17(22)12-16/h3-10,12,18-20H,11,13-14H2,1-2H3,(H,23,25). The molecule has 132 valence electrons. The second kappa shape index (κ2) is 8.03. The maximum atomic E-state index is 12.7. The molecule has 2 aromatic carbocycles. The first kappa shape index (κ1) is 18.0. The quantitative estimate of drug-likeness (QED) is 0.819. The van der Waals surface area contributed by atoms with Gasteiger partial charge in [0.15, 0.2) is 0 Å². The molecule has 3 nitrogen and oxygen atoms in total. The van der Waals surface area contributed by atoms with E-state index in [0.717, 1.165) is 24.4 Å². The number of rotatable bonds is 7. The van der Waals surface area contributed by atoms with Crippen LogP contribution in [-0.4, -0.2) is 37.5 Å². The minimum atomic E-state index is 0.0684. The van der Waals surface area contributed by atoms with Crippen molar-refractivity contribution < 1.29 is 4.79 Å². The number of likely N-dealkylation sites (N-methyl/N-ethyl adjacent to an activating group) is 1. The van der Waals surface area contributed by atoms with Crippen LogP contribution in [0.5, 0.6) is 0 Å². The maximum absolute atomic E-state index is 12.7. The fraction of sp³-hybridized carbons (Fsp3) is 0.381. The molecule has 4 heteroatoms. The minimum Gasteiger partial charge on any atom is -0.351 e. The third-order valence-corrected chi connectivity index (χ3v) is 4.90. The largest absolute Gasteiger partial charge is 0.351 e. The highest BCUT2D eigenvalue weighted by atomic mass is 35.5. The van der Waals surface area contributed by atoms with Crippen LogP contribution < -0.4 is 5.32 Å². The smallest absolute Gasteiger partial charge is 0.224 e. The van der Waals surface area contributed by atoms with E-state index in [1.165, 1.54) is 11.1 Å². The van der Waals surface area contributed by atoms with Crippen molar-refractivity contribution in [2.75, 3.05) is 20.6 Å². The summed E-state index contributed by atoms with van der Waals surface area (Å²) < 4.78 is 0. The van der Waals surface area contributed by atoms with E-state index in [0.29, 0.717) is 5.92 Å². The Morgan fingerprint density at radius 2 is 1.96 bits per heavy atom. The predicted octanol–water partition coefficient (Wildman–Crippen LogP) is 3.73. The number of hydrogen-bond acceptors (Lipinski definition) is 2. The number of nitrogens with zero attached hydrogens (tertiary/aromatic N) is 1. The van der Waals surface area contributed by atoms with Gasteiger partial charge in [-0.25, -0.2) is 0 Å². The summed E-state index contributed by atoms with van der Waals surface area (Å²) in [5.74, 6) is 0.530. The number of halogens is 1. The molecule has 1 saturated carbocycles. The molecular weight excluding hydrogens is 332 g/mol. The van der Waals surface area contributed by atoms with Gasteiger partial charge >= 0.3 is 0 Å². The molecule has 3 atom stereocenters. The Bertz CT molecular complexity index is 717. The van der Waals surface area contributed by atoms with Gasteiger partial charge < -0.3 is 10.2 Å². The molecule has 0 heterocycles. The number of benzene rings is 2. The molecule has 0 radical (unpaired) electrons. The van der Waals surface area contributed by atoms with Crippen molar-refractivity contribution in [1.82, 2.24) is 10.2 Å². The van der Waals surface area contributed by atoms with Gasteiger partial charge in [0.1, 0.15) is 0 Å². The zero-order chi connectivity index (χ0) is 17.8. The number of carbonyl (C=O) groups excluding carboxylic acids is 1. The van der Waals surface area contributed by atoms with Gasteiger partial charge in [-0.2, -0.15) is 0 Å². The Morgan fingerprint density at radius 3 is 2.64 bits per heavy atom. The molecule has 0 saturated heterocycles. The van der Waals surface area contributed by atoms with E-state index in [1.54, 1.807) is 0 Å². The first-order chi connectivity index (χ1) is 12.0. The lowest BCUT2D eigenvalue weighted by atomic mass is 10.0. The molecule has 3 unspecified atom stereocenters. The van der Waals surface area contributed by atoms with Crippen molar-refractivity contribution in [1.29, 1.82) is 0 Å². The SMILES string of the molecule is CN(C)CC(Cc1ccccc1)NC(=O)C1CC1c1cccc(Cl)c1. The van der Waals surface area contributed by atoms with Crippen molar-refractivity contribution in [3.63, 3.8) is 0 Å². The molecule has 0 bridgehead atoms. The Hall–Kier alpha value is -1.84. The van der Waals surface area contributed by atoms with Crippen molar-refractivity contribution in [2.24, 2.45) is 5.92 Å². The Kier molecular flexibility index (Phi) is 5.77. The molecule has 1 aliphatic rings. The van der Waals surface area contributed by atoms with E-state index >= 15 is 0 Å².